The monoisotopic (exact) mass is 477 g/mol. The first kappa shape index (κ1) is 24.4. The molecule has 3 amide bonds. The lowest BCUT2D eigenvalue weighted by molar-refractivity contribution is -0.125. The Kier molecular flexibility index (Phi) is 8.31. The molecule has 0 aliphatic heterocycles. The van der Waals surface area contributed by atoms with Crippen LogP contribution in [0.4, 0.5) is 5.00 Å². The molecule has 34 heavy (non-hydrogen) atoms. The Morgan fingerprint density at radius 2 is 1.56 bits per heavy atom. The van der Waals surface area contributed by atoms with E-state index in [2.05, 4.69) is 16.2 Å². The van der Waals surface area contributed by atoms with Crippen molar-refractivity contribution in [3.8, 4) is 11.1 Å². The molecule has 0 atom stereocenters. The summed E-state index contributed by atoms with van der Waals surface area (Å²) in [7, 11) is 0. The van der Waals surface area contributed by atoms with Crippen LogP contribution < -0.4 is 16.2 Å². The molecule has 0 aliphatic carbocycles. The number of carbonyl (C=O) groups excluding carboxylic acids is 4. The van der Waals surface area contributed by atoms with Crippen molar-refractivity contribution in [2.45, 2.75) is 13.8 Å². The first-order valence-corrected chi connectivity index (χ1v) is 11.2. The van der Waals surface area contributed by atoms with Gasteiger partial charge in [0, 0.05) is 22.6 Å². The van der Waals surface area contributed by atoms with Gasteiger partial charge in [-0.05, 0) is 31.5 Å². The van der Waals surface area contributed by atoms with E-state index in [4.69, 9.17) is 4.74 Å². The zero-order chi connectivity index (χ0) is 24.5. The van der Waals surface area contributed by atoms with Gasteiger partial charge in [-0.3, -0.25) is 25.2 Å². The Hall–Kier alpha value is -4.24. The van der Waals surface area contributed by atoms with Crippen molar-refractivity contribution in [3.63, 3.8) is 0 Å². The molecule has 2 aromatic carbocycles. The van der Waals surface area contributed by atoms with Crippen LogP contribution in [0.5, 0.6) is 0 Å². The number of amides is 3. The zero-order valence-electron chi connectivity index (χ0n) is 18.6. The lowest BCUT2D eigenvalue weighted by atomic mass is 10.0. The second-order valence-electron chi connectivity index (χ2n) is 7.37. The van der Waals surface area contributed by atoms with Gasteiger partial charge in [0.2, 0.25) is 5.91 Å². The maximum atomic E-state index is 12.9. The standard InChI is InChI=1S/C25H23N3O5S/c1-16(2)13-20(29)26-24-22(19(15-34-24)17-9-5-3-6-10-17)25(32)33-14-21(30)27-28-23(31)18-11-7-4-8-12-18/h3-13,15H,14H2,1-2H3,(H,26,29)(H,27,30)(H,28,31). The molecule has 1 aromatic heterocycles. The minimum Gasteiger partial charge on any atom is -0.452 e. The van der Waals surface area contributed by atoms with Gasteiger partial charge < -0.3 is 10.1 Å². The maximum absolute atomic E-state index is 12.9. The molecule has 174 valence electrons. The molecule has 8 nitrogen and oxygen atoms in total. The Morgan fingerprint density at radius 3 is 2.21 bits per heavy atom. The summed E-state index contributed by atoms with van der Waals surface area (Å²) in [6.45, 7) is 2.95. The summed E-state index contributed by atoms with van der Waals surface area (Å²) in [6, 6.07) is 17.5. The van der Waals surface area contributed by atoms with E-state index < -0.39 is 24.4 Å². The van der Waals surface area contributed by atoms with Gasteiger partial charge in [-0.1, -0.05) is 54.1 Å². The van der Waals surface area contributed by atoms with Crippen LogP contribution in [-0.4, -0.2) is 30.3 Å². The van der Waals surface area contributed by atoms with Crippen LogP contribution >= 0.6 is 11.3 Å². The van der Waals surface area contributed by atoms with Gasteiger partial charge in [-0.15, -0.1) is 11.3 Å². The van der Waals surface area contributed by atoms with Crippen molar-refractivity contribution in [3.05, 3.63) is 88.8 Å². The Morgan fingerprint density at radius 1 is 0.912 bits per heavy atom. The predicted octanol–water partition coefficient (Wildman–Crippen LogP) is 3.94. The quantitative estimate of drug-likeness (QED) is 0.271. The van der Waals surface area contributed by atoms with E-state index in [1.54, 1.807) is 49.6 Å². The molecule has 0 saturated carbocycles. The lowest BCUT2D eigenvalue weighted by Crippen LogP contribution is -2.43. The number of anilines is 1. The number of rotatable bonds is 7. The van der Waals surface area contributed by atoms with Crippen LogP contribution in [0.3, 0.4) is 0 Å². The van der Waals surface area contributed by atoms with Gasteiger partial charge in [0.05, 0.1) is 0 Å². The third-order valence-corrected chi connectivity index (χ3v) is 5.32. The van der Waals surface area contributed by atoms with Crippen LogP contribution in [0.2, 0.25) is 0 Å². The van der Waals surface area contributed by atoms with Gasteiger partial charge in [-0.2, -0.15) is 0 Å². The molecule has 0 bridgehead atoms. The smallest absolute Gasteiger partial charge is 0.342 e. The summed E-state index contributed by atoms with van der Waals surface area (Å²) in [6.07, 6.45) is 1.42. The SMILES string of the molecule is CC(C)=CC(=O)Nc1scc(-c2ccccc2)c1C(=O)OCC(=O)NNC(=O)c1ccccc1. The molecule has 0 spiro atoms. The number of allylic oxidation sites excluding steroid dienone is 1. The zero-order valence-corrected chi connectivity index (χ0v) is 19.4. The topological polar surface area (TPSA) is 114 Å². The molecule has 0 aliphatic rings. The minimum absolute atomic E-state index is 0.146. The average molecular weight is 478 g/mol. The first-order valence-electron chi connectivity index (χ1n) is 10.3. The van der Waals surface area contributed by atoms with Crippen molar-refractivity contribution in [2.24, 2.45) is 0 Å². The molecule has 9 heteroatoms. The second-order valence-corrected chi connectivity index (χ2v) is 8.25. The summed E-state index contributed by atoms with van der Waals surface area (Å²) in [5, 5.41) is 4.75. The van der Waals surface area contributed by atoms with Gasteiger partial charge in [0.1, 0.15) is 10.6 Å². The van der Waals surface area contributed by atoms with Crippen molar-refractivity contribution in [2.75, 3.05) is 11.9 Å². The number of thiophene rings is 1. The minimum atomic E-state index is -0.780. The number of benzene rings is 2. The van der Waals surface area contributed by atoms with E-state index in [9.17, 15) is 19.2 Å². The highest BCUT2D eigenvalue weighted by atomic mass is 32.1. The number of ether oxygens (including phenoxy) is 1. The molecular weight excluding hydrogens is 454 g/mol. The molecular formula is C25H23N3O5S. The fraction of sp³-hybridized carbons (Fsp3) is 0.120. The number of hydrazine groups is 1. The molecule has 3 rings (SSSR count). The number of nitrogens with one attached hydrogen (secondary N) is 3. The van der Waals surface area contributed by atoms with Crippen LogP contribution in [0.15, 0.2) is 77.7 Å². The fourth-order valence-electron chi connectivity index (χ4n) is 2.92. The van der Waals surface area contributed by atoms with Crippen molar-refractivity contribution in [1.82, 2.24) is 10.9 Å². The van der Waals surface area contributed by atoms with Gasteiger partial charge in [0.25, 0.3) is 11.8 Å². The van der Waals surface area contributed by atoms with Crippen molar-refractivity contribution >= 4 is 40.0 Å². The van der Waals surface area contributed by atoms with Crippen LogP contribution in [-0.2, 0) is 14.3 Å². The van der Waals surface area contributed by atoms with Crippen molar-refractivity contribution < 1.29 is 23.9 Å². The van der Waals surface area contributed by atoms with Gasteiger partial charge in [-0.25, -0.2) is 4.79 Å². The van der Waals surface area contributed by atoms with E-state index in [1.807, 2.05) is 30.3 Å². The van der Waals surface area contributed by atoms with Crippen LogP contribution in [0, 0.1) is 0 Å². The highest BCUT2D eigenvalue weighted by Crippen LogP contribution is 2.36. The summed E-state index contributed by atoms with van der Waals surface area (Å²) in [5.74, 6) is -2.38. The molecule has 3 aromatic rings. The number of hydrogen-bond acceptors (Lipinski definition) is 6. The summed E-state index contributed by atoms with van der Waals surface area (Å²) in [5.41, 5.74) is 7.10. The van der Waals surface area contributed by atoms with Crippen LogP contribution in [0.25, 0.3) is 11.1 Å². The van der Waals surface area contributed by atoms with E-state index in [0.29, 0.717) is 16.1 Å². The summed E-state index contributed by atoms with van der Waals surface area (Å²) in [4.78, 5) is 49.3. The highest BCUT2D eigenvalue weighted by molar-refractivity contribution is 7.15. The van der Waals surface area contributed by atoms with Crippen LogP contribution in [0.1, 0.15) is 34.6 Å². The summed E-state index contributed by atoms with van der Waals surface area (Å²) < 4.78 is 5.19. The first-order chi connectivity index (χ1) is 16.3. The third kappa shape index (κ3) is 6.63. The Labute approximate surface area is 200 Å². The molecule has 0 unspecified atom stereocenters. The number of carbonyl (C=O) groups is 4. The molecule has 3 N–H and O–H groups in total. The predicted molar refractivity (Wildman–Crippen MR) is 130 cm³/mol. The number of hydrogen-bond donors (Lipinski definition) is 3. The average Bonchev–Trinajstić information content (AvgIpc) is 3.25. The third-order valence-electron chi connectivity index (χ3n) is 4.42. The lowest BCUT2D eigenvalue weighted by Gasteiger charge is -2.10. The normalized spacial score (nSPS) is 10.1. The largest absolute Gasteiger partial charge is 0.452 e. The molecule has 0 fully saturated rings. The second kappa shape index (κ2) is 11.6. The van der Waals surface area contributed by atoms with E-state index in [1.165, 1.54) is 17.4 Å². The maximum Gasteiger partial charge on any atom is 0.342 e. The van der Waals surface area contributed by atoms with Gasteiger partial charge >= 0.3 is 5.97 Å². The van der Waals surface area contributed by atoms with E-state index in [-0.39, 0.29) is 11.5 Å². The molecule has 0 radical (unpaired) electrons. The molecule has 1 heterocycles. The fourth-order valence-corrected chi connectivity index (χ4v) is 3.88. The van der Waals surface area contributed by atoms with Crippen molar-refractivity contribution in [1.29, 1.82) is 0 Å². The van der Waals surface area contributed by atoms with E-state index in [0.717, 1.165) is 11.1 Å². The Bertz CT molecular complexity index is 1220. The molecule has 0 saturated heterocycles. The van der Waals surface area contributed by atoms with E-state index >= 15 is 0 Å². The Balaban J connectivity index is 1.70. The van der Waals surface area contributed by atoms with Gasteiger partial charge in [0.15, 0.2) is 6.61 Å². The summed E-state index contributed by atoms with van der Waals surface area (Å²) >= 11 is 1.18. The number of esters is 1. The highest BCUT2D eigenvalue weighted by Gasteiger charge is 2.23.